The number of nitrogens with one attached hydrogen (secondary N) is 1. The van der Waals surface area contributed by atoms with Crippen LogP contribution in [0.3, 0.4) is 0 Å². The van der Waals surface area contributed by atoms with Crippen molar-refractivity contribution in [3.05, 3.63) is 36.1 Å². The van der Waals surface area contributed by atoms with Gasteiger partial charge in [0.1, 0.15) is 0 Å². The molecule has 0 bridgehead atoms. The lowest BCUT2D eigenvalue weighted by Crippen LogP contribution is -2.09. The molecule has 1 N–H and O–H groups in total. The van der Waals surface area contributed by atoms with Crippen LogP contribution in [0, 0.1) is 0 Å². The third-order valence-corrected chi connectivity index (χ3v) is 1.37. The maximum atomic E-state index is 3.27. The monoisotopic (exact) mass is 135 g/mol. The van der Waals surface area contributed by atoms with E-state index in [9.17, 15) is 0 Å². The predicted octanol–water partition coefficient (Wildman–Crippen LogP) is 2.00. The number of allylic oxidation sites excluding steroid dienone is 4. The van der Waals surface area contributed by atoms with Crippen molar-refractivity contribution < 1.29 is 0 Å². The lowest BCUT2D eigenvalue weighted by atomic mass is 10.3. The minimum Gasteiger partial charge on any atom is -0.382 e. The zero-order chi connectivity index (χ0) is 7.23. The lowest BCUT2D eigenvalue weighted by Gasteiger charge is -2.00. The summed E-state index contributed by atoms with van der Waals surface area (Å²) < 4.78 is 0. The van der Waals surface area contributed by atoms with E-state index in [-0.39, 0.29) is 0 Å². The highest BCUT2D eigenvalue weighted by Gasteiger charge is 1.88. The number of hydrogen-bond donors (Lipinski definition) is 1. The molecule has 0 atom stereocenters. The summed E-state index contributed by atoms with van der Waals surface area (Å²) in [7, 11) is 0. The van der Waals surface area contributed by atoms with E-state index in [2.05, 4.69) is 42.6 Å². The van der Waals surface area contributed by atoms with Crippen molar-refractivity contribution in [1.29, 1.82) is 0 Å². The van der Waals surface area contributed by atoms with Crippen LogP contribution in [0.1, 0.15) is 13.3 Å². The van der Waals surface area contributed by atoms with Gasteiger partial charge in [0, 0.05) is 12.2 Å². The standard InChI is InChI=1S/C9H13N/c1-2-6-9-7-4-3-5-8-10-9/h3-7,10H,2,8H2,1H3/b9-6-. The van der Waals surface area contributed by atoms with Gasteiger partial charge in [-0.15, -0.1) is 0 Å². The summed E-state index contributed by atoms with van der Waals surface area (Å²) in [6, 6.07) is 0. The molecule has 0 aromatic carbocycles. The molecule has 10 heavy (non-hydrogen) atoms. The van der Waals surface area contributed by atoms with E-state index in [0.29, 0.717) is 0 Å². The van der Waals surface area contributed by atoms with Crippen molar-refractivity contribution in [2.75, 3.05) is 6.54 Å². The second-order valence-corrected chi connectivity index (χ2v) is 2.24. The molecule has 0 amide bonds. The second kappa shape index (κ2) is 3.94. The second-order valence-electron chi connectivity index (χ2n) is 2.24. The smallest absolute Gasteiger partial charge is 0.0333 e. The number of hydrogen-bond acceptors (Lipinski definition) is 1. The Morgan fingerprint density at radius 1 is 1.60 bits per heavy atom. The van der Waals surface area contributed by atoms with Crippen LogP contribution in [0.5, 0.6) is 0 Å². The van der Waals surface area contributed by atoms with Gasteiger partial charge < -0.3 is 5.32 Å². The molecule has 0 spiro atoms. The maximum absolute atomic E-state index is 3.27. The van der Waals surface area contributed by atoms with Crippen molar-refractivity contribution in [2.24, 2.45) is 0 Å². The third kappa shape index (κ3) is 2.09. The van der Waals surface area contributed by atoms with Crippen LogP contribution in [-0.2, 0) is 0 Å². The van der Waals surface area contributed by atoms with Gasteiger partial charge in [0.2, 0.25) is 0 Å². The van der Waals surface area contributed by atoms with Crippen LogP contribution in [0.15, 0.2) is 36.1 Å². The van der Waals surface area contributed by atoms with Crippen LogP contribution < -0.4 is 5.32 Å². The Bertz CT molecular complexity index is 172. The molecule has 1 aliphatic heterocycles. The van der Waals surface area contributed by atoms with E-state index in [1.54, 1.807) is 0 Å². The molecule has 0 radical (unpaired) electrons. The minimum absolute atomic E-state index is 0.943. The Kier molecular flexibility index (Phi) is 2.81. The first kappa shape index (κ1) is 7.13. The van der Waals surface area contributed by atoms with E-state index >= 15 is 0 Å². The largest absolute Gasteiger partial charge is 0.382 e. The van der Waals surface area contributed by atoms with Crippen molar-refractivity contribution in [3.8, 4) is 0 Å². The van der Waals surface area contributed by atoms with Gasteiger partial charge in [-0.2, -0.15) is 0 Å². The van der Waals surface area contributed by atoms with Gasteiger partial charge in [-0.3, -0.25) is 0 Å². The van der Waals surface area contributed by atoms with Crippen molar-refractivity contribution >= 4 is 0 Å². The number of rotatable bonds is 1. The summed E-state index contributed by atoms with van der Waals surface area (Å²) in [6.45, 7) is 3.08. The third-order valence-electron chi connectivity index (χ3n) is 1.37. The normalized spacial score (nSPS) is 20.7. The Balaban J connectivity index is 2.56. The molecule has 0 saturated carbocycles. The van der Waals surface area contributed by atoms with Crippen LogP contribution in [-0.4, -0.2) is 6.54 Å². The first-order chi connectivity index (χ1) is 4.93. The summed E-state index contributed by atoms with van der Waals surface area (Å²) in [5, 5.41) is 3.27. The van der Waals surface area contributed by atoms with E-state index in [4.69, 9.17) is 0 Å². The maximum Gasteiger partial charge on any atom is 0.0333 e. The highest BCUT2D eigenvalue weighted by molar-refractivity contribution is 5.23. The summed E-state index contributed by atoms with van der Waals surface area (Å²) in [4.78, 5) is 0. The minimum atomic E-state index is 0.943. The summed E-state index contributed by atoms with van der Waals surface area (Å²) in [5.41, 5.74) is 1.23. The van der Waals surface area contributed by atoms with Gasteiger partial charge in [0.15, 0.2) is 0 Å². The van der Waals surface area contributed by atoms with Crippen molar-refractivity contribution in [2.45, 2.75) is 13.3 Å². The fourth-order valence-electron chi connectivity index (χ4n) is 0.902. The highest BCUT2D eigenvalue weighted by atomic mass is 14.9. The molecule has 1 rings (SSSR count). The average Bonchev–Trinajstić information content (AvgIpc) is 2.17. The first-order valence-corrected chi connectivity index (χ1v) is 3.70. The molecule has 0 aromatic heterocycles. The fourth-order valence-corrected chi connectivity index (χ4v) is 0.902. The van der Waals surface area contributed by atoms with Crippen molar-refractivity contribution in [3.63, 3.8) is 0 Å². The van der Waals surface area contributed by atoms with Gasteiger partial charge in [-0.05, 0) is 12.5 Å². The molecule has 0 fully saturated rings. The van der Waals surface area contributed by atoms with E-state index < -0.39 is 0 Å². The van der Waals surface area contributed by atoms with Gasteiger partial charge in [0.25, 0.3) is 0 Å². The average molecular weight is 135 g/mol. The Hall–Kier alpha value is -0.980. The lowest BCUT2D eigenvalue weighted by molar-refractivity contribution is 0.927. The quantitative estimate of drug-likeness (QED) is 0.580. The zero-order valence-corrected chi connectivity index (χ0v) is 6.30. The van der Waals surface area contributed by atoms with Crippen molar-refractivity contribution in [1.82, 2.24) is 5.32 Å². The molecule has 1 nitrogen and oxygen atoms in total. The molecule has 0 saturated heterocycles. The highest BCUT2D eigenvalue weighted by Crippen LogP contribution is 1.97. The molecule has 54 valence electrons. The molecule has 0 unspecified atom stereocenters. The molecule has 1 heterocycles. The summed E-state index contributed by atoms with van der Waals surface area (Å²) in [6.07, 6.45) is 11.6. The Morgan fingerprint density at radius 2 is 2.50 bits per heavy atom. The SMILES string of the molecule is CC/C=C1/C=CC=CCN1. The first-order valence-electron chi connectivity index (χ1n) is 3.70. The molecular weight excluding hydrogens is 122 g/mol. The molecule has 1 heteroatoms. The van der Waals surface area contributed by atoms with Crippen LogP contribution in [0.2, 0.25) is 0 Å². The zero-order valence-electron chi connectivity index (χ0n) is 6.30. The van der Waals surface area contributed by atoms with Crippen LogP contribution in [0.25, 0.3) is 0 Å². The topological polar surface area (TPSA) is 12.0 Å². The fraction of sp³-hybridized carbons (Fsp3) is 0.333. The van der Waals surface area contributed by atoms with Gasteiger partial charge in [0.05, 0.1) is 0 Å². The van der Waals surface area contributed by atoms with Crippen LogP contribution in [0.4, 0.5) is 0 Å². The molecular formula is C9H13N. The summed E-state index contributed by atoms with van der Waals surface area (Å²) >= 11 is 0. The Morgan fingerprint density at radius 3 is 3.30 bits per heavy atom. The summed E-state index contributed by atoms with van der Waals surface area (Å²) in [5.74, 6) is 0. The molecule has 0 aliphatic carbocycles. The van der Waals surface area contributed by atoms with Gasteiger partial charge >= 0.3 is 0 Å². The van der Waals surface area contributed by atoms with E-state index in [1.807, 2.05) is 0 Å². The molecule has 1 aliphatic rings. The Labute approximate surface area is 62.1 Å². The predicted molar refractivity (Wildman–Crippen MR) is 44.7 cm³/mol. The van der Waals surface area contributed by atoms with Gasteiger partial charge in [-0.25, -0.2) is 0 Å². The van der Waals surface area contributed by atoms with Crippen LogP contribution >= 0.6 is 0 Å². The van der Waals surface area contributed by atoms with Gasteiger partial charge in [-0.1, -0.05) is 31.2 Å². The molecule has 0 aromatic rings. The van der Waals surface area contributed by atoms with E-state index in [1.165, 1.54) is 5.70 Å². The van der Waals surface area contributed by atoms with E-state index in [0.717, 1.165) is 13.0 Å².